The fourth-order valence-corrected chi connectivity index (χ4v) is 9.83. The van der Waals surface area contributed by atoms with Crippen LogP contribution in [0.1, 0.15) is 367 Å². The first-order valence-electron chi connectivity index (χ1n) is 31.7. The Bertz CT molecular complexity index is 975. The number of ether oxygens (including phenoxy) is 2. The van der Waals surface area contributed by atoms with Gasteiger partial charge in [-0.05, 0) is 12.8 Å². The van der Waals surface area contributed by atoms with E-state index in [1.165, 1.54) is 352 Å². The lowest BCUT2D eigenvalue weighted by Gasteiger charge is -2.05. The fraction of sp³-hybridized carbons (Fsp3) is 0.908. The van der Waals surface area contributed by atoms with Crippen LogP contribution in [0.5, 0.6) is 0 Å². The molecular formula is C65H126O4. The van der Waals surface area contributed by atoms with Crippen molar-refractivity contribution in [2.45, 2.75) is 367 Å². The van der Waals surface area contributed by atoms with Gasteiger partial charge >= 0.3 is 11.9 Å². The summed E-state index contributed by atoms with van der Waals surface area (Å²) in [4.78, 5) is 21.8. The van der Waals surface area contributed by atoms with E-state index in [9.17, 15) is 9.59 Å². The standard InChI is InChI=1S/C33H64O2.C32H62O2/c1-3-5-6-7-8-9-10-11-12-13-14-15-16-17-18-19-20-21-22-23-24-25-26-27-28-29-30-31-32-35-33(34)4-2;1-3-5-6-7-8-9-10-11-12-13-14-15-16-17-18-19-20-21-22-23-24-25-26-27-28-29-30-31-34-32(33)4-2/h4H,2-3,5-32H2,1H3;4H,2-3,5-31H2,1H3. The monoisotopic (exact) mass is 971 g/mol. The molecule has 0 N–H and O–H groups in total. The molecule has 0 aromatic carbocycles. The number of carbonyl (C=O) groups excluding carboxylic acids is 2. The summed E-state index contributed by atoms with van der Waals surface area (Å²) < 4.78 is 9.98. The molecule has 0 fully saturated rings. The second-order valence-corrected chi connectivity index (χ2v) is 21.5. The van der Waals surface area contributed by atoms with Crippen LogP contribution in [0.2, 0.25) is 0 Å². The number of esters is 2. The highest BCUT2D eigenvalue weighted by molar-refractivity contribution is 5.81. The molecule has 0 aromatic heterocycles. The Morgan fingerprint density at radius 3 is 0.464 bits per heavy atom. The van der Waals surface area contributed by atoms with E-state index in [0.717, 1.165) is 12.8 Å². The summed E-state index contributed by atoms with van der Waals surface area (Å²) in [6, 6.07) is 0. The average Bonchev–Trinajstić information content (AvgIpc) is 3.36. The molecule has 4 nitrogen and oxygen atoms in total. The molecule has 0 heterocycles. The van der Waals surface area contributed by atoms with Crippen molar-refractivity contribution >= 4 is 11.9 Å². The molecule has 0 bridgehead atoms. The van der Waals surface area contributed by atoms with E-state index in [-0.39, 0.29) is 11.9 Å². The van der Waals surface area contributed by atoms with E-state index in [1.807, 2.05) is 0 Å². The highest BCUT2D eigenvalue weighted by Gasteiger charge is 2.01. The zero-order valence-electron chi connectivity index (χ0n) is 47.5. The van der Waals surface area contributed by atoms with E-state index in [1.54, 1.807) is 0 Å². The molecule has 69 heavy (non-hydrogen) atoms. The van der Waals surface area contributed by atoms with Crippen LogP contribution in [0.4, 0.5) is 0 Å². The average molecular weight is 972 g/mol. The lowest BCUT2D eigenvalue weighted by atomic mass is 10.0. The van der Waals surface area contributed by atoms with Crippen molar-refractivity contribution in [3.8, 4) is 0 Å². The highest BCUT2D eigenvalue weighted by Crippen LogP contribution is 2.19. The Kier molecular flexibility index (Phi) is 66.9. The molecule has 0 atom stereocenters. The van der Waals surface area contributed by atoms with Crippen molar-refractivity contribution in [3.63, 3.8) is 0 Å². The molecule has 0 aliphatic heterocycles. The van der Waals surface area contributed by atoms with Gasteiger partial charge in [0.05, 0.1) is 13.2 Å². The maximum atomic E-state index is 10.9. The van der Waals surface area contributed by atoms with Crippen LogP contribution < -0.4 is 0 Å². The van der Waals surface area contributed by atoms with Gasteiger partial charge in [0.15, 0.2) is 0 Å². The second-order valence-electron chi connectivity index (χ2n) is 21.5. The third-order valence-electron chi connectivity index (χ3n) is 14.6. The molecule has 0 amide bonds. The normalized spacial score (nSPS) is 11.1. The van der Waals surface area contributed by atoms with Gasteiger partial charge in [-0.25, -0.2) is 9.59 Å². The Morgan fingerprint density at radius 1 is 0.232 bits per heavy atom. The van der Waals surface area contributed by atoms with E-state index in [0.29, 0.717) is 13.2 Å². The van der Waals surface area contributed by atoms with Crippen LogP contribution in [0.3, 0.4) is 0 Å². The smallest absolute Gasteiger partial charge is 0.330 e. The quantitative estimate of drug-likeness (QED) is 0.0346. The van der Waals surface area contributed by atoms with Crippen molar-refractivity contribution in [2.75, 3.05) is 13.2 Å². The van der Waals surface area contributed by atoms with Gasteiger partial charge in [0.1, 0.15) is 0 Å². The lowest BCUT2D eigenvalue weighted by Crippen LogP contribution is -2.01. The number of rotatable bonds is 59. The zero-order chi connectivity index (χ0) is 50.3. The van der Waals surface area contributed by atoms with Gasteiger partial charge in [0, 0.05) is 12.2 Å². The molecule has 0 rings (SSSR count). The van der Waals surface area contributed by atoms with E-state index in [4.69, 9.17) is 9.47 Å². The Morgan fingerprint density at radius 2 is 0.348 bits per heavy atom. The van der Waals surface area contributed by atoms with Crippen LogP contribution in [0.25, 0.3) is 0 Å². The molecule has 0 saturated carbocycles. The number of hydrogen-bond acceptors (Lipinski definition) is 4. The molecule has 0 radical (unpaired) electrons. The summed E-state index contributed by atoms with van der Waals surface area (Å²) in [5, 5.41) is 0. The maximum absolute atomic E-state index is 10.9. The zero-order valence-corrected chi connectivity index (χ0v) is 47.5. The summed E-state index contributed by atoms with van der Waals surface area (Å²) >= 11 is 0. The van der Waals surface area contributed by atoms with Crippen molar-refractivity contribution in [3.05, 3.63) is 25.3 Å². The summed E-state index contributed by atoms with van der Waals surface area (Å²) in [5.74, 6) is -0.593. The summed E-state index contributed by atoms with van der Waals surface area (Å²) in [6.07, 6.45) is 80.1. The fourth-order valence-electron chi connectivity index (χ4n) is 9.83. The molecule has 410 valence electrons. The topological polar surface area (TPSA) is 52.6 Å². The Hall–Kier alpha value is -1.58. The summed E-state index contributed by atoms with van der Waals surface area (Å²) in [7, 11) is 0. The van der Waals surface area contributed by atoms with Crippen LogP contribution in [-0.2, 0) is 19.1 Å². The predicted octanol–water partition coefficient (Wildman–Crippen LogP) is 22.9. The second kappa shape index (κ2) is 66.4. The van der Waals surface area contributed by atoms with Gasteiger partial charge in [0.2, 0.25) is 0 Å². The van der Waals surface area contributed by atoms with Crippen molar-refractivity contribution in [1.82, 2.24) is 0 Å². The Balaban J connectivity index is 0. The SMILES string of the molecule is C=CC(=O)OCCCCCCCCCCCCCCCCCCCCCCCCCCCCC.C=CC(=O)OCCCCCCCCCCCCCCCCCCCCCCCCCCCCCC. The number of unbranched alkanes of at least 4 members (excludes halogenated alkanes) is 53. The molecule has 4 heteroatoms. The van der Waals surface area contributed by atoms with Crippen LogP contribution in [0, 0.1) is 0 Å². The minimum absolute atomic E-state index is 0.296. The molecule has 0 aliphatic carbocycles. The van der Waals surface area contributed by atoms with Gasteiger partial charge < -0.3 is 9.47 Å². The van der Waals surface area contributed by atoms with Gasteiger partial charge in [-0.15, -0.1) is 0 Å². The van der Waals surface area contributed by atoms with E-state index < -0.39 is 0 Å². The molecule has 0 unspecified atom stereocenters. The third kappa shape index (κ3) is 68.5. The summed E-state index contributed by atoms with van der Waals surface area (Å²) in [6.45, 7) is 12.5. The van der Waals surface area contributed by atoms with Crippen LogP contribution in [-0.4, -0.2) is 25.2 Å². The highest BCUT2D eigenvalue weighted by atomic mass is 16.5. The van der Waals surface area contributed by atoms with Crippen molar-refractivity contribution in [1.29, 1.82) is 0 Å². The molecular weight excluding hydrogens is 845 g/mol. The van der Waals surface area contributed by atoms with Crippen molar-refractivity contribution in [2.24, 2.45) is 0 Å². The molecule has 0 aromatic rings. The first kappa shape index (κ1) is 69.5. The molecule has 0 spiro atoms. The van der Waals surface area contributed by atoms with Gasteiger partial charge in [-0.2, -0.15) is 0 Å². The minimum Gasteiger partial charge on any atom is -0.463 e. The Labute approximate surface area is 434 Å². The molecule has 0 saturated heterocycles. The van der Waals surface area contributed by atoms with E-state index >= 15 is 0 Å². The first-order chi connectivity index (χ1) is 34.1. The van der Waals surface area contributed by atoms with Gasteiger partial charge in [0.25, 0.3) is 0 Å². The van der Waals surface area contributed by atoms with Crippen molar-refractivity contribution < 1.29 is 19.1 Å². The van der Waals surface area contributed by atoms with Gasteiger partial charge in [-0.1, -0.05) is 367 Å². The minimum atomic E-state index is -0.296. The van der Waals surface area contributed by atoms with Gasteiger partial charge in [-0.3, -0.25) is 0 Å². The maximum Gasteiger partial charge on any atom is 0.330 e. The largest absolute Gasteiger partial charge is 0.463 e. The summed E-state index contributed by atoms with van der Waals surface area (Å²) in [5.41, 5.74) is 0. The number of carbonyl (C=O) groups is 2. The van der Waals surface area contributed by atoms with E-state index in [2.05, 4.69) is 27.0 Å². The third-order valence-corrected chi connectivity index (χ3v) is 14.6. The lowest BCUT2D eigenvalue weighted by molar-refractivity contribution is -0.138. The predicted molar refractivity (Wildman–Crippen MR) is 308 cm³/mol. The molecule has 0 aliphatic rings. The first-order valence-corrected chi connectivity index (χ1v) is 31.7. The van der Waals surface area contributed by atoms with Crippen LogP contribution in [0.15, 0.2) is 25.3 Å². The van der Waals surface area contributed by atoms with Crippen LogP contribution >= 0.6 is 0 Å². The number of hydrogen-bond donors (Lipinski definition) is 0.